The van der Waals surface area contributed by atoms with Crippen molar-refractivity contribution < 1.29 is 8.78 Å². The molecule has 2 aliphatic rings. The van der Waals surface area contributed by atoms with Crippen molar-refractivity contribution in [3.05, 3.63) is 23.1 Å². The fourth-order valence-electron chi connectivity index (χ4n) is 3.62. The van der Waals surface area contributed by atoms with Gasteiger partial charge in [-0.15, -0.1) is 24.8 Å². The summed E-state index contributed by atoms with van der Waals surface area (Å²) in [6.45, 7) is 3.84. The van der Waals surface area contributed by atoms with Crippen LogP contribution in [0, 0.1) is 6.92 Å². The predicted octanol–water partition coefficient (Wildman–Crippen LogP) is 3.06. The van der Waals surface area contributed by atoms with E-state index in [-0.39, 0.29) is 36.2 Å². The van der Waals surface area contributed by atoms with Gasteiger partial charge in [0, 0.05) is 19.2 Å². The lowest BCUT2D eigenvalue weighted by atomic mass is 9.86. The molecular weight excluding hydrogens is 385 g/mol. The molecular formula is C16H22Cl2F2N6. The zero-order valence-corrected chi connectivity index (χ0v) is 16.2. The third kappa shape index (κ3) is 3.50. The fraction of sp³-hybridized carbons (Fsp3) is 0.562. The summed E-state index contributed by atoms with van der Waals surface area (Å²) >= 11 is 0. The molecule has 1 atom stereocenters. The molecule has 4 heterocycles. The number of alkyl halides is 2. The highest BCUT2D eigenvalue weighted by Gasteiger charge is 2.37. The van der Waals surface area contributed by atoms with E-state index in [0.29, 0.717) is 5.82 Å². The average molecular weight is 407 g/mol. The van der Waals surface area contributed by atoms with Crippen molar-refractivity contribution in [2.45, 2.75) is 38.2 Å². The lowest BCUT2D eigenvalue weighted by molar-refractivity contribution is 0.135. The summed E-state index contributed by atoms with van der Waals surface area (Å²) in [5.41, 5.74) is 2.66. The molecule has 0 bridgehead atoms. The molecule has 0 saturated carbocycles. The van der Waals surface area contributed by atoms with E-state index in [4.69, 9.17) is 0 Å². The van der Waals surface area contributed by atoms with Gasteiger partial charge in [0.2, 0.25) is 0 Å². The summed E-state index contributed by atoms with van der Waals surface area (Å²) in [5, 5.41) is 11.1. The molecule has 1 spiro atoms. The van der Waals surface area contributed by atoms with Crippen molar-refractivity contribution in [2.75, 3.05) is 18.4 Å². The lowest BCUT2D eigenvalue weighted by Gasteiger charge is -2.35. The Labute approximate surface area is 163 Å². The molecule has 2 aliphatic heterocycles. The number of hydrogen-bond acceptors (Lipinski definition) is 5. The zero-order chi connectivity index (χ0) is 16.9. The first-order chi connectivity index (χ1) is 11.5. The van der Waals surface area contributed by atoms with Gasteiger partial charge in [0.25, 0.3) is 6.43 Å². The normalized spacial score (nSPS) is 21.1. The number of rotatable bonds is 2. The van der Waals surface area contributed by atoms with E-state index in [1.165, 1.54) is 7.05 Å². The Balaban J connectivity index is 0.00000121. The van der Waals surface area contributed by atoms with Crippen LogP contribution in [0.4, 0.5) is 14.6 Å². The number of anilines is 1. The quantitative estimate of drug-likeness (QED) is 0.801. The summed E-state index contributed by atoms with van der Waals surface area (Å²) in [5.74, 6) is 0.885. The molecule has 1 saturated heterocycles. The van der Waals surface area contributed by atoms with Gasteiger partial charge in [-0.25, -0.2) is 23.4 Å². The second-order valence-corrected chi connectivity index (χ2v) is 6.68. The molecule has 2 N–H and O–H groups in total. The van der Waals surface area contributed by atoms with Gasteiger partial charge in [0.05, 0.1) is 11.2 Å². The summed E-state index contributed by atoms with van der Waals surface area (Å²) in [6, 6.07) is 1.99. The molecule has 6 nitrogen and oxygen atoms in total. The van der Waals surface area contributed by atoms with Crippen LogP contribution in [-0.4, -0.2) is 38.4 Å². The molecule has 0 unspecified atom stereocenters. The molecule has 0 amide bonds. The van der Waals surface area contributed by atoms with E-state index in [1.54, 1.807) is 0 Å². The molecule has 10 heteroatoms. The largest absolute Gasteiger partial charge is 0.363 e. The Morgan fingerprint density at radius 1 is 1.23 bits per heavy atom. The van der Waals surface area contributed by atoms with Crippen LogP contribution in [0.3, 0.4) is 0 Å². The standard InChI is InChI=1S/C16H20F2N6.2ClH/c1-9-11(14-21-15(12(17)18)24(2)23-14)7-10-3-4-16(5-6-19-8-16)22-13(10)20-9;;/h7,12,19H,3-6,8H2,1-2H3,(H,20,22);2*1H/t16-;;/m0../s1. The lowest BCUT2D eigenvalue weighted by Crippen LogP contribution is -2.44. The van der Waals surface area contributed by atoms with Crippen molar-refractivity contribution in [2.24, 2.45) is 7.05 Å². The second kappa shape index (κ2) is 7.62. The van der Waals surface area contributed by atoms with E-state index in [0.717, 1.165) is 59.7 Å². The monoisotopic (exact) mass is 406 g/mol. The van der Waals surface area contributed by atoms with Crippen molar-refractivity contribution >= 4 is 30.6 Å². The number of halogens is 4. The third-order valence-electron chi connectivity index (χ3n) is 5.03. The summed E-state index contributed by atoms with van der Waals surface area (Å²) in [4.78, 5) is 8.67. The van der Waals surface area contributed by atoms with E-state index in [9.17, 15) is 8.78 Å². The van der Waals surface area contributed by atoms with E-state index in [1.807, 2.05) is 13.0 Å². The SMILES string of the molecule is Cc1nc2c(cc1-c1nc(C(F)F)n(C)n1)CC[C@@]1(CCNC1)N2.Cl.Cl. The number of aryl methyl sites for hydroxylation is 3. The van der Waals surface area contributed by atoms with Crippen molar-refractivity contribution in [1.82, 2.24) is 25.1 Å². The van der Waals surface area contributed by atoms with Crippen LogP contribution < -0.4 is 10.6 Å². The first kappa shape index (κ1) is 20.8. The van der Waals surface area contributed by atoms with Gasteiger partial charge in [-0.1, -0.05) is 0 Å². The molecule has 0 radical (unpaired) electrons. The van der Waals surface area contributed by atoms with Gasteiger partial charge in [0.1, 0.15) is 5.82 Å². The average Bonchev–Trinajstić information content (AvgIpc) is 3.14. The minimum Gasteiger partial charge on any atom is -0.363 e. The smallest absolute Gasteiger partial charge is 0.297 e. The Bertz CT molecular complexity index is 789. The molecule has 2 aromatic heterocycles. The van der Waals surface area contributed by atoms with Crippen LogP contribution in [0.15, 0.2) is 6.07 Å². The number of nitrogens with one attached hydrogen (secondary N) is 2. The van der Waals surface area contributed by atoms with Crippen molar-refractivity contribution in [3.63, 3.8) is 0 Å². The van der Waals surface area contributed by atoms with Crippen LogP contribution in [0.5, 0.6) is 0 Å². The topological polar surface area (TPSA) is 67.7 Å². The third-order valence-corrected chi connectivity index (χ3v) is 5.03. The van der Waals surface area contributed by atoms with Gasteiger partial charge < -0.3 is 10.6 Å². The summed E-state index contributed by atoms with van der Waals surface area (Å²) in [7, 11) is 1.48. The van der Waals surface area contributed by atoms with Gasteiger partial charge in [0.15, 0.2) is 11.6 Å². The molecule has 2 aromatic rings. The zero-order valence-electron chi connectivity index (χ0n) is 14.6. The first-order valence-electron chi connectivity index (χ1n) is 8.16. The molecule has 4 rings (SSSR count). The highest BCUT2D eigenvalue weighted by atomic mass is 35.5. The number of hydrogen-bond donors (Lipinski definition) is 2. The van der Waals surface area contributed by atoms with Crippen LogP contribution in [-0.2, 0) is 13.5 Å². The number of nitrogens with zero attached hydrogens (tertiary/aromatic N) is 4. The van der Waals surface area contributed by atoms with Gasteiger partial charge in [-0.2, -0.15) is 5.10 Å². The molecule has 26 heavy (non-hydrogen) atoms. The maximum absolute atomic E-state index is 12.9. The molecule has 1 fully saturated rings. The maximum Gasteiger partial charge on any atom is 0.297 e. The highest BCUT2D eigenvalue weighted by Crippen LogP contribution is 2.36. The first-order valence-corrected chi connectivity index (χ1v) is 8.16. The van der Waals surface area contributed by atoms with Gasteiger partial charge in [-0.05, 0) is 44.4 Å². The predicted molar refractivity (Wildman–Crippen MR) is 101 cm³/mol. The van der Waals surface area contributed by atoms with Crippen LogP contribution in [0.25, 0.3) is 11.4 Å². The molecule has 0 aliphatic carbocycles. The Hall–Kier alpha value is -1.51. The van der Waals surface area contributed by atoms with E-state index >= 15 is 0 Å². The summed E-state index contributed by atoms with van der Waals surface area (Å²) < 4.78 is 27.0. The number of fused-ring (bicyclic) bond motifs is 1. The van der Waals surface area contributed by atoms with Crippen molar-refractivity contribution in [1.29, 1.82) is 0 Å². The Kier molecular flexibility index (Phi) is 6.09. The Morgan fingerprint density at radius 3 is 2.62 bits per heavy atom. The maximum atomic E-state index is 12.9. The second-order valence-electron chi connectivity index (χ2n) is 6.68. The van der Waals surface area contributed by atoms with Crippen LogP contribution >= 0.6 is 24.8 Å². The van der Waals surface area contributed by atoms with Crippen molar-refractivity contribution in [3.8, 4) is 11.4 Å². The summed E-state index contributed by atoms with van der Waals surface area (Å²) in [6.07, 6.45) is 0.404. The van der Waals surface area contributed by atoms with Crippen LogP contribution in [0.2, 0.25) is 0 Å². The van der Waals surface area contributed by atoms with E-state index < -0.39 is 6.43 Å². The van der Waals surface area contributed by atoms with Gasteiger partial charge in [-0.3, -0.25) is 0 Å². The van der Waals surface area contributed by atoms with Crippen LogP contribution in [0.1, 0.15) is 36.3 Å². The number of pyridine rings is 1. The minimum absolute atomic E-state index is 0. The number of aromatic nitrogens is 4. The molecule has 0 aromatic carbocycles. The fourth-order valence-corrected chi connectivity index (χ4v) is 3.62. The molecule has 144 valence electrons. The highest BCUT2D eigenvalue weighted by molar-refractivity contribution is 5.85. The van der Waals surface area contributed by atoms with E-state index in [2.05, 4.69) is 25.7 Å². The Morgan fingerprint density at radius 2 is 2.00 bits per heavy atom. The van der Waals surface area contributed by atoms with Gasteiger partial charge >= 0.3 is 0 Å². The minimum atomic E-state index is -2.64.